The molecule has 1 heterocycles. The Kier molecular flexibility index (Phi) is 5.38. The highest BCUT2D eigenvalue weighted by Crippen LogP contribution is 2.38. The van der Waals surface area contributed by atoms with Crippen LogP contribution in [-0.2, 0) is 16.6 Å². The maximum absolute atomic E-state index is 13.9. The molecule has 1 aromatic carbocycles. The lowest BCUT2D eigenvalue weighted by Gasteiger charge is -2.10. The Morgan fingerprint density at radius 2 is 2.08 bits per heavy atom. The van der Waals surface area contributed by atoms with E-state index in [1.54, 1.807) is 13.0 Å². The minimum atomic E-state index is -3.90. The molecule has 0 amide bonds. The highest BCUT2D eigenvalue weighted by atomic mass is 32.2. The van der Waals surface area contributed by atoms with Crippen LogP contribution in [0.2, 0.25) is 0 Å². The van der Waals surface area contributed by atoms with Crippen molar-refractivity contribution in [3.63, 3.8) is 0 Å². The topological polar surface area (TPSA) is 90.3 Å². The van der Waals surface area contributed by atoms with Gasteiger partial charge in [-0.25, -0.2) is 22.2 Å². The minimum Gasteiger partial charge on any atom is -0.491 e. The molecule has 0 spiro atoms. The van der Waals surface area contributed by atoms with E-state index in [1.807, 2.05) is 0 Å². The summed E-state index contributed by atoms with van der Waals surface area (Å²) in [4.78, 5) is 11.6. The predicted octanol–water partition coefficient (Wildman–Crippen LogP) is 1.64. The fourth-order valence-corrected chi connectivity index (χ4v) is 3.54. The molecule has 2 aromatic rings. The summed E-state index contributed by atoms with van der Waals surface area (Å²) in [7, 11) is -3.90. The molecule has 0 atom stereocenters. The van der Waals surface area contributed by atoms with E-state index in [4.69, 9.17) is 4.74 Å². The summed E-state index contributed by atoms with van der Waals surface area (Å²) < 4.78 is 47.1. The standard InChI is InChI=1S/C17H20FN3O4S/c1-2-25-16-7-5-13(11-14(16)18)26(23,24)19-9-10-21-17(22)8-6-15(20-21)12-3-4-12/h5-8,11-12,19H,2-4,9-10H2,1H3. The lowest BCUT2D eigenvalue weighted by molar-refractivity contribution is 0.321. The summed E-state index contributed by atoms with van der Waals surface area (Å²) >= 11 is 0. The number of nitrogens with one attached hydrogen (secondary N) is 1. The molecule has 1 aliphatic carbocycles. The molecule has 1 saturated carbocycles. The Morgan fingerprint density at radius 3 is 2.73 bits per heavy atom. The van der Waals surface area contributed by atoms with Gasteiger partial charge in [0.15, 0.2) is 11.6 Å². The second-order valence-electron chi connectivity index (χ2n) is 6.02. The first kappa shape index (κ1) is 18.5. The van der Waals surface area contributed by atoms with Gasteiger partial charge in [-0.15, -0.1) is 0 Å². The van der Waals surface area contributed by atoms with Crippen molar-refractivity contribution in [2.24, 2.45) is 0 Å². The van der Waals surface area contributed by atoms with Crippen LogP contribution in [0.15, 0.2) is 40.0 Å². The number of rotatable bonds is 8. The zero-order valence-electron chi connectivity index (χ0n) is 14.3. The highest BCUT2D eigenvalue weighted by Gasteiger charge is 2.25. The second kappa shape index (κ2) is 7.55. The highest BCUT2D eigenvalue weighted by molar-refractivity contribution is 7.89. The van der Waals surface area contributed by atoms with Crippen LogP contribution in [0.3, 0.4) is 0 Å². The fraction of sp³-hybridized carbons (Fsp3) is 0.412. The minimum absolute atomic E-state index is 0.000840. The number of benzene rings is 1. The van der Waals surface area contributed by atoms with Crippen LogP contribution in [0.25, 0.3) is 0 Å². The van der Waals surface area contributed by atoms with E-state index in [1.165, 1.54) is 22.9 Å². The smallest absolute Gasteiger partial charge is 0.266 e. The maximum Gasteiger partial charge on any atom is 0.266 e. The number of sulfonamides is 1. The van der Waals surface area contributed by atoms with Gasteiger partial charge in [-0.2, -0.15) is 5.10 Å². The number of halogens is 1. The van der Waals surface area contributed by atoms with E-state index in [-0.39, 0.29) is 35.9 Å². The first-order valence-corrected chi connectivity index (χ1v) is 9.89. The molecule has 140 valence electrons. The fourth-order valence-electron chi connectivity index (χ4n) is 2.51. The summed E-state index contributed by atoms with van der Waals surface area (Å²) in [6, 6.07) is 6.61. The Bertz CT molecular complexity index is 955. The molecule has 7 nitrogen and oxygen atoms in total. The Labute approximate surface area is 150 Å². The molecule has 3 rings (SSSR count). The van der Waals surface area contributed by atoms with Crippen molar-refractivity contribution < 1.29 is 17.5 Å². The lowest BCUT2D eigenvalue weighted by atomic mass is 10.3. The number of hydrogen-bond donors (Lipinski definition) is 1. The average molecular weight is 381 g/mol. The van der Waals surface area contributed by atoms with Crippen molar-refractivity contribution in [3.8, 4) is 5.75 Å². The van der Waals surface area contributed by atoms with Crippen molar-refractivity contribution in [1.82, 2.24) is 14.5 Å². The van der Waals surface area contributed by atoms with Crippen LogP contribution >= 0.6 is 0 Å². The molecule has 1 aliphatic rings. The second-order valence-corrected chi connectivity index (χ2v) is 7.78. The van der Waals surface area contributed by atoms with Gasteiger partial charge in [0.2, 0.25) is 10.0 Å². The molecule has 26 heavy (non-hydrogen) atoms. The third-order valence-corrected chi connectivity index (χ3v) is 5.47. The van der Waals surface area contributed by atoms with Crippen LogP contribution in [0.5, 0.6) is 5.75 Å². The van der Waals surface area contributed by atoms with Crippen LogP contribution in [0, 0.1) is 5.82 Å². The van der Waals surface area contributed by atoms with E-state index in [2.05, 4.69) is 9.82 Å². The molecule has 1 N–H and O–H groups in total. The Balaban J connectivity index is 1.66. The lowest BCUT2D eigenvalue weighted by Crippen LogP contribution is -2.32. The van der Waals surface area contributed by atoms with Gasteiger partial charge in [0.25, 0.3) is 5.56 Å². The van der Waals surface area contributed by atoms with Crippen LogP contribution in [-0.4, -0.2) is 31.3 Å². The van der Waals surface area contributed by atoms with Crippen LogP contribution in [0.4, 0.5) is 4.39 Å². The van der Waals surface area contributed by atoms with Crippen LogP contribution < -0.4 is 15.0 Å². The van der Waals surface area contributed by atoms with E-state index in [0.29, 0.717) is 5.92 Å². The quantitative estimate of drug-likeness (QED) is 0.751. The summed E-state index contributed by atoms with van der Waals surface area (Å²) in [5.74, 6) is -0.353. The Hall–Kier alpha value is -2.26. The number of nitrogens with zero attached hydrogens (tertiary/aromatic N) is 2. The molecule has 0 bridgehead atoms. The maximum atomic E-state index is 13.9. The summed E-state index contributed by atoms with van der Waals surface area (Å²) in [5.41, 5.74) is 0.557. The molecular weight excluding hydrogens is 361 g/mol. The van der Waals surface area contributed by atoms with Crippen molar-refractivity contribution in [2.75, 3.05) is 13.2 Å². The van der Waals surface area contributed by atoms with E-state index >= 15 is 0 Å². The molecule has 0 saturated heterocycles. The van der Waals surface area contributed by atoms with Crippen LogP contribution in [0.1, 0.15) is 31.4 Å². The molecule has 9 heteroatoms. The summed E-state index contributed by atoms with van der Waals surface area (Å²) in [5, 5.41) is 4.27. The van der Waals surface area contributed by atoms with Gasteiger partial charge in [0, 0.05) is 18.5 Å². The van der Waals surface area contributed by atoms with Gasteiger partial charge in [-0.3, -0.25) is 4.79 Å². The number of ether oxygens (including phenoxy) is 1. The van der Waals surface area contributed by atoms with E-state index in [9.17, 15) is 17.6 Å². The van der Waals surface area contributed by atoms with Gasteiger partial charge in [-0.1, -0.05) is 0 Å². The first-order chi connectivity index (χ1) is 12.4. The third kappa shape index (κ3) is 4.28. The zero-order chi connectivity index (χ0) is 18.7. The summed E-state index contributed by atoms with van der Waals surface area (Å²) in [6.45, 7) is 2.05. The third-order valence-electron chi connectivity index (χ3n) is 4.01. The van der Waals surface area contributed by atoms with Gasteiger partial charge in [0.1, 0.15) is 0 Å². The van der Waals surface area contributed by atoms with Gasteiger partial charge in [-0.05, 0) is 44.0 Å². The molecule has 0 aliphatic heterocycles. The molecule has 1 fully saturated rings. The SMILES string of the molecule is CCOc1ccc(S(=O)(=O)NCCn2nc(C3CC3)ccc2=O)cc1F. The van der Waals surface area contributed by atoms with Gasteiger partial charge >= 0.3 is 0 Å². The van der Waals surface area contributed by atoms with Crippen molar-refractivity contribution in [3.05, 3.63) is 52.2 Å². The normalized spacial score (nSPS) is 14.4. The van der Waals surface area contributed by atoms with Gasteiger partial charge < -0.3 is 4.74 Å². The Morgan fingerprint density at radius 1 is 1.31 bits per heavy atom. The van der Waals surface area contributed by atoms with Crippen molar-refractivity contribution in [1.29, 1.82) is 0 Å². The largest absolute Gasteiger partial charge is 0.491 e. The van der Waals surface area contributed by atoms with E-state index < -0.39 is 15.8 Å². The molecule has 0 radical (unpaired) electrons. The average Bonchev–Trinajstić information content (AvgIpc) is 3.43. The van der Waals surface area contributed by atoms with Crippen molar-refractivity contribution in [2.45, 2.75) is 37.1 Å². The molecule has 1 aromatic heterocycles. The molecular formula is C17H20FN3O4S. The van der Waals surface area contributed by atoms with E-state index in [0.717, 1.165) is 24.6 Å². The predicted molar refractivity (Wildman–Crippen MR) is 93.2 cm³/mol. The van der Waals surface area contributed by atoms with Crippen molar-refractivity contribution >= 4 is 10.0 Å². The first-order valence-electron chi connectivity index (χ1n) is 8.41. The summed E-state index contributed by atoms with van der Waals surface area (Å²) in [6.07, 6.45) is 2.11. The zero-order valence-corrected chi connectivity index (χ0v) is 15.1. The number of hydrogen-bond acceptors (Lipinski definition) is 5. The van der Waals surface area contributed by atoms with Gasteiger partial charge in [0.05, 0.1) is 23.7 Å². The number of aromatic nitrogens is 2. The monoisotopic (exact) mass is 381 g/mol. The molecule has 0 unspecified atom stereocenters.